The molecule has 1 aliphatic carbocycles. The lowest BCUT2D eigenvalue weighted by molar-refractivity contribution is 0.331. The van der Waals surface area contributed by atoms with Gasteiger partial charge in [-0.1, -0.05) is 30.3 Å². The van der Waals surface area contributed by atoms with Crippen molar-refractivity contribution in [2.24, 2.45) is 0 Å². The Morgan fingerprint density at radius 1 is 0.889 bits per heavy atom. The number of aromatic nitrogens is 3. The summed E-state index contributed by atoms with van der Waals surface area (Å²) >= 11 is 0. The van der Waals surface area contributed by atoms with Crippen molar-refractivity contribution in [3.05, 3.63) is 59.2 Å². The van der Waals surface area contributed by atoms with E-state index in [1.165, 1.54) is 61.9 Å². The number of hydrogen-bond acceptors (Lipinski definition) is 3. The Kier molecular flexibility index (Phi) is 5.28. The van der Waals surface area contributed by atoms with Crippen molar-refractivity contribution in [1.82, 2.24) is 20.1 Å². The Labute approximate surface area is 166 Å². The van der Waals surface area contributed by atoms with E-state index in [9.17, 15) is 0 Å². The summed E-state index contributed by atoms with van der Waals surface area (Å²) in [5.74, 6) is 1.64. The van der Waals surface area contributed by atoms with Crippen molar-refractivity contribution in [3.63, 3.8) is 0 Å². The predicted molar refractivity (Wildman–Crippen MR) is 111 cm³/mol. The van der Waals surface area contributed by atoms with Crippen LogP contribution < -0.4 is 0 Å². The largest absolute Gasteiger partial charge is 0.299 e. The molecule has 2 aromatic carbocycles. The third-order valence-electron chi connectivity index (χ3n) is 5.65. The van der Waals surface area contributed by atoms with Crippen LogP contribution in [0.4, 0.5) is 0 Å². The van der Waals surface area contributed by atoms with Gasteiger partial charge in [0.25, 0.3) is 0 Å². The topological polar surface area (TPSA) is 44.8 Å². The van der Waals surface area contributed by atoms with Gasteiger partial charge in [0, 0.05) is 17.7 Å². The van der Waals surface area contributed by atoms with Gasteiger partial charge in [0.2, 0.25) is 0 Å². The second-order valence-corrected chi connectivity index (χ2v) is 7.53. The van der Waals surface area contributed by atoms with Gasteiger partial charge in [0.1, 0.15) is 0 Å². The van der Waals surface area contributed by atoms with Crippen LogP contribution in [0.1, 0.15) is 36.0 Å². The number of aromatic amines is 1. The molecule has 0 bridgehead atoms. The second kappa shape index (κ2) is 7.83. The molecule has 2 aliphatic rings. The van der Waals surface area contributed by atoms with Crippen molar-refractivity contribution in [1.29, 1.82) is 0 Å². The normalized spacial score (nSPS) is 16.3. The van der Waals surface area contributed by atoms with Crippen molar-refractivity contribution < 1.29 is 0 Å². The average molecular weight is 381 g/mol. The number of hydrogen-bond donors (Lipinski definition) is 1. The number of aryl methyl sites for hydroxylation is 2. The zero-order valence-corrected chi connectivity index (χ0v) is 16.3. The molecule has 1 aliphatic heterocycles. The summed E-state index contributed by atoms with van der Waals surface area (Å²) in [7, 11) is 0. The molecule has 5 heteroatoms. The molecule has 0 radical (unpaired) electrons. The fourth-order valence-corrected chi connectivity index (χ4v) is 4.25. The maximum absolute atomic E-state index is 4.77. The number of benzene rings is 2. The molecule has 0 amide bonds. The molecule has 3 aromatic rings. The Morgan fingerprint density at radius 2 is 1.74 bits per heavy atom. The van der Waals surface area contributed by atoms with E-state index in [1.54, 1.807) is 0 Å². The van der Waals surface area contributed by atoms with E-state index < -0.39 is 0 Å². The molecular weight excluding hydrogens is 356 g/mol. The van der Waals surface area contributed by atoms with Gasteiger partial charge in [-0.2, -0.15) is 5.10 Å². The minimum atomic E-state index is 0. The van der Waals surface area contributed by atoms with E-state index >= 15 is 0 Å². The number of rotatable bonds is 4. The molecule has 140 valence electrons. The number of H-pyrrole nitrogens is 1. The first-order chi connectivity index (χ1) is 12.8. The monoisotopic (exact) mass is 380 g/mol. The van der Waals surface area contributed by atoms with E-state index in [0.717, 1.165) is 29.3 Å². The van der Waals surface area contributed by atoms with Crippen LogP contribution in [0.15, 0.2) is 42.5 Å². The minimum absolute atomic E-state index is 0. The molecule has 2 heterocycles. The zero-order valence-electron chi connectivity index (χ0n) is 15.4. The second-order valence-electron chi connectivity index (χ2n) is 7.53. The number of fused-ring (bicyclic) bond motifs is 1. The average Bonchev–Trinajstić information content (AvgIpc) is 3.42. The molecule has 0 atom stereocenters. The van der Waals surface area contributed by atoms with Gasteiger partial charge in [-0.25, -0.2) is 4.98 Å². The first-order valence-electron chi connectivity index (χ1n) is 9.71. The number of nitrogens with one attached hydrogen (secondary N) is 1. The number of halogens is 1. The summed E-state index contributed by atoms with van der Waals surface area (Å²) < 4.78 is 0. The van der Waals surface area contributed by atoms with Crippen LogP contribution in [0.3, 0.4) is 0 Å². The van der Waals surface area contributed by atoms with Crippen molar-refractivity contribution in [2.45, 2.75) is 38.6 Å². The molecule has 1 saturated heterocycles. The molecule has 1 fully saturated rings. The van der Waals surface area contributed by atoms with Crippen molar-refractivity contribution in [2.75, 3.05) is 13.1 Å². The summed E-state index contributed by atoms with van der Waals surface area (Å²) in [4.78, 5) is 7.29. The molecule has 0 saturated carbocycles. The van der Waals surface area contributed by atoms with Crippen LogP contribution in [0, 0.1) is 0 Å². The van der Waals surface area contributed by atoms with Crippen LogP contribution in [-0.2, 0) is 19.4 Å². The van der Waals surface area contributed by atoms with Crippen LogP contribution in [0.5, 0.6) is 0 Å². The Balaban J connectivity index is 0.00000180. The molecule has 4 nitrogen and oxygen atoms in total. The lowest BCUT2D eigenvalue weighted by Crippen LogP contribution is -2.18. The van der Waals surface area contributed by atoms with Crippen molar-refractivity contribution in [3.8, 4) is 22.8 Å². The summed E-state index contributed by atoms with van der Waals surface area (Å²) in [6.07, 6.45) is 6.31. The SMILES string of the molecule is Cl.c1cc(CN2CCCC2)cc(-c2n[nH]c(-c3ccc4c(c3)CCC4)n2)c1. The third-order valence-corrected chi connectivity index (χ3v) is 5.65. The smallest absolute Gasteiger partial charge is 0.181 e. The molecule has 1 N–H and O–H groups in total. The highest BCUT2D eigenvalue weighted by molar-refractivity contribution is 5.85. The summed E-state index contributed by atoms with van der Waals surface area (Å²) in [6, 6.07) is 15.3. The van der Waals surface area contributed by atoms with Gasteiger partial charge < -0.3 is 0 Å². The standard InChI is InChI=1S/C22H24N4.ClH/c1-2-12-26(11-1)15-16-5-3-8-19(13-16)21-23-22(25-24-21)20-10-9-17-6-4-7-18(17)14-20;/h3,5,8-10,13-14H,1-2,4,6-7,11-12,15H2,(H,23,24,25);1H. The Morgan fingerprint density at radius 3 is 2.63 bits per heavy atom. The lowest BCUT2D eigenvalue weighted by atomic mass is 10.1. The Bertz CT molecular complexity index is 928. The molecule has 1 aromatic heterocycles. The summed E-state index contributed by atoms with van der Waals surface area (Å²) in [6.45, 7) is 3.46. The molecule has 5 rings (SSSR count). The molecule has 0 spiro atoms. The van der Waals surface area contributed by atoms with Crippen LogP contribution >= 0.6 is 12.4 Å². The summed E-state index contributed by atoms with van der Waals surface area (Å²) in [5, 5.41) is 7.61. The van der Waals surface area contributed by atoms with Gasteiger partial charge >= 0.3 is 0 Å². The maximum atomic E-state index is 4.77. The van der Waals surface area contributed by atoms with E-state index in [4.69, 9.17) is 4.98 Å². The summed E-state index contributed by atoms with van der Waals surface area (Å²) in [5.41, 5.74) is 6.52. The van der Waals surface area contributed by atoms with E-state index in [2.05, 4.69) is 57.6 Å². The number of nitrogens with zero attached hydrogens (tertiary/aromatic N) is 3. The first kappa shape index (κ1) is 18.2. The Hall–Kier alpha value is -2.17. The molecule has 0 unspecified atom stereocenters. The van der Waals surface area contributed by atoms with Crippen LogP contribution in [0.25, 0.3) is 22.8 Å². The molecule has 27 heavy (non-hydrogen) atoms. The highest BCUT2D eigenvalue weighted by Crippen LogP contribution is 2.27. The minimum Gasteiger partial charge on any atom is -0.299 e. The van der Waals surface area contributed by atoms with Crippen LogP contribution in [0.2, 0.25) is 0 Å². The van der Waals surface area contributed by atoms with Gasteiger partial charge in [-0.15, -0.1) is 12.4 Å². The van der Waals surface area contributed by atoms with Crippen LogP contribution in [-0.4, -0.2) is 33.2 Å². The fourth-order valence-electron chi connectivity index (χ4n) is 4.25. The van der Waals surface area contributed by atoms with E-state index in [0.29, 0.717) is 0 Å². The number of likely N-dealkylation sites (tertiary alicyclic amines) is 1. The first-order valence-corrected chi connectivity index (χ1v) is 9.71. The van der Waals surface area contributed by atoms with E-state index in [-0.39, 0.29) is 12.4 Å². The van der Waals surface area contributed by atoms with Crippen molar-refractivity contribution >= 4 is 12.4 Å². The molecular formula is C22H25ClN4. The maximum Gasteiger partial charge on any atom is 0.181 e. The van der Waals surface area contributed by atoms with E-state index in [1.807, 2.05) is 0 Å². The lowest BCUT2D eigenvalue weighted by Gasteiger charge is -2.14. The zero-order chi connectivity index (χ0) is 17.3. The highest BCUT2D eigenvalue weighted by atomic mass is 35.5. The third kappa shape index (κ3) is 3.78. The van der Waals surface area contributed by atoms with Gasteiger partial charge in [-0.3, -0.25) is 10.00 Å². The quantitative estimate of drug-likeness (QED) is 0.716. The predicted octanol–water partition coefficient (Wildman–Crippen LogP) is 4.65. The highest BCUT2D eigenvalue weighted by Gasteiger charge is 2.15. The van der Waals surface area contributed by atoms with Gasteiger partial charge in [0.15, 0.2) is 11.6 Å². The van der Waals surface area contributed by atoms with Gasteiger partial charge in [-0.05, 0) is 74.0 Å². The fraction of sp³-hybridized carbons (Fsp3) is 0.364. The van der Waals surface area contributed by atoms with Gasteiger partial charge in [0.05, 0.1) is 0 Å².